The second-order valence-electron chi connectivity index (χ2n) is 4.73. The molecule has 2 rings (SSSR count). The fourth-order valence-electron chi connectivity index (χ4n) is 2.25. The van der Waals surface area contributed by atoms with Crippen LogP contribution in [0.5, 0.6) is 0 Å². The van der Waals surface area contributed by atoms with Gasteiger partial charge in [0.25, 0.3) is 0 Å². The van der Waals surface area contributed by atoms with Gasteiger partial charge in [-0.15, -0.1) is 0 Å². The minimum Gasteiger partial charge on any atom is -0.391 e. The van der Waals surface area contributed by atoms with E-state index in [9.17, 15) is 9.90 Å². The zero-order chi connectivity index (χ0) is 11.0. The van der Waals surface area contributed by atoms with Crippen molar-refractivity contribution < 1.29 is 9.90 Å². The molecule has 15 heavy (non-hydrogen) atoms. The van der Waals surface area contributed by atoms with E-state index in [1.807, 2.05) is 13.8 Å². The molecular weight excluding hydrogens is 192 g/mol. The minimum atomic E-state index is -0.385. The molecule has 1 heterocycles. The van der Waals surface area contributed by atoms with Crippen LogP contribution in [0.3, 0.4) is 0 Å². The van der Waals surface area contributed by atoms with Gasteiger partial charge in [-0.05, 0) is 25.2 Å². The van der Waals surface area contributed by atoms with Crippen molar-refractivity contribution in [2.24, 2.45) is 11.0 Å². The molecule has 0 radical (unpaired) electrons. The number of aliphatic hydroxyl groups excluding tert-OH is 1. The summed E-state index contributed by atoms with van der Waals surface area (Å²) < 4.78 is 0. The van der Waals surface area contributed by atoms with Gasteiger partial charge in [-0.1, -0.05) is 13.8 Å². The van der Waals surface area contributed by atoms with Gasteiger partial charge in [0.15, 0.2) is 0 Å². The van der Waals surface area contributed by atoms with Gasteiger partial charge in [0.05, 0.1) is 24.3 Å². The molecule has 1 aliphatic heterocycles. The minimum absolute atomic E-state index is 0.0460. The van der Waals surface area contributed by atoms with E-state index in [4.69, 9.17) is 0 Å². The van der Waals surface area contributed by atoms with Crippen LogP contribution in [0.2, 0.25) is 0 Å². The van der Waals surface area contributed by atoms with E-state index in [2.05, 4.69) is 5.10 Å². The summed E-state index contributed by atoms with van der Waals surface area (Å²) in [6.07, 6.45) is 2.70. The van der Waals surface area contributed by atoms with Crippen LogP contribution in [0.1, 0.15) is 39.5 Å². The fraction of sp³-hybridized carbons (Fsp3) is 0.818. The van der Waals surface area contributed by atoms with Gasteiger partial charge in [0.2, 0.25) is 5.91 Å². The highest BCUT2D eigenvalue weighted by Gasteiger charge is 2.37. The summed E-state index contributed by atoms with van der Waals surface area (Å²) in [6, 6.07) is -0.0752. The second kappa shape index (κ2) is 3.93. The number of carbonyl (C=O) groups excluding carboxylic acids is 1. The molecule has 4 heteroatoms. The van der Waals surface area contributed by atoms with Gasteiger partial charge in [0, 0.05) is 0 Å². The lowest BCUT2D eigenvalue weighted by molar-refractivity contribution is -0.132. The average molecular weight is 210 g/mol. The fourth-order valence-corrected chi connectivity index (χ4v) is 2.25. The van der Waals surface area contributed by atoms with Crippen LogP contribution in [0, 0.1) is 5.92 Å². The van der Waals surface area contributed by atoms with Crippen molar-refractivity contribution in [3.63, 3.8) is 0 Å². The van der Waals surface area contributed by atoms with E-state index in [1.165, 1.54) is 5.01 Å². The summed E-state index contributed by atoms with van der Waals surface area (Å²) in [7, 11) is 0. The van der Waals surface area contributed by atoms with Crippen LogP contribution >= 0.6 is 0 Å². The van der Waals surface area contributed by atoms with Crippen LogP contribution in [0.15, 0.2) is 5.10 Å². The maximum absolute atomic E-state index is 11.7. The number of nitrogens with zero attached hydrogens (tertiary/aromatic N) is 2. The zero-order valence-electron chi connectivity index (χ0n) is 9.31. The van der Waals surface area contributed by atoms with E-state index >= 15 is 0 Å². The van der Waals surface area contributed by atoms with Gasteiger partial charge >= 0.3 is 0 Å². The quantitative estimate of drug-likeness (QED) is 0.743. The Labute approximate surface area is 90.0 Å². The Kier molecular flexibility index (Phi) is 2.78. The van der Waals surface area contributed by atoms with Crippen LogP contribution in [0.25, 0.3) is 0 Å². The third kappa shape index (κ3) is 1.91. The first-order valence-electron chi connectivity index (χ1n) is 5.67. The van der Waals surface area contributed by atoms with Crippen LogP contribution < -0.4 is 0 Å². The molecule has 0 spiro atoms. The van der Waals surface area contributed by atoms with Gasteiger partial charge in [-0.3, -0.25) is 4.79 Å². The summed E-state index contributed by atoms with van der Waals surface area (Å²) in [5, 5.41) is 15.6. The lowest BCUT2D eigenvalue weighted by Gasteiger charge is -2.22. The van der Waals surface area contributed by atoms with E-state index in [0.29, 0.717) is 12.3 Å². The van der Waals surface area contributed by atoms with Crippen molar-refractivity contribution >= 4 is 11.6 Å². The van der Waals surface area contributed by atoms with E-state index < -0.39 is 0 Å². The number of amides is 1. The summed E-state index contributed by atoms with van der Waals surface area (Å²) in [5.41, 5.74) is 0.944. The third-order valence-corrected chi connectivity index (χ3v) is 3.25. The maximum atomic E-state index is 11.7. The molecule has 2 unspecified atom stereocenters. The van der Waals surface area contributed by atoms with Crippen molar-refractivity contribution in [1.82, 2.24) is 5.01 Å². The molecule has 0 aromatic heterocycles. The normalized spacial score (nSPS) is 31.6. The number of hydrogen-bond donors (Lipinski definition) is 1. The molecule has 0 bridgehead atoms. The molecule has 0 aromatic carbocycles. The van der Waals surface area contributed by atoms with Crippen molar-refractivity contribution in [2.75, 3.05) is 0 Å². The SMILES string of the molecule is CC(C)C1=NN(C2CCCC2O)C(=O)C1. The first-order valence-corrected chi connectivity index (χ1v) is 5.67. The largest absolute Gasteiger partial charge is 0.391 e. The third-order valence-electron chi connectivity index (χ3n) is 3.25. The van der Waals surface area contributed by atoms with Crippen molar-refractivity contribution in [1.29, 1.82) is 0 Å². The highest BCUT2D eigenvalue weighted by Crippen LogP contribution is 2.28. The summed E-state index contributed by atoms with van der Waals surface area (Å²) in [6.45, 7) is 4.08. The molecule has 1 fully saturated rings. The van der Waals surface area contributed by atoms with Gasteiger partial charge in [-0.2, -0.15) is 5.10 Å². The Bertz CT molecular complexity index is 299. The van der Waals surface area contributed by atoms with Gasteiger partial charge in [0.1, 0.15) is 0 Å². The number of rotatable bonds is 2. The number of hydrogen-bond acceptors (Lipinski definition) is 3. The Balaban J connectivity index is 2.12. The Hall–Kier alpha value is -0.900. The number of carbonyl (C=O) groups is 1. The van der Waals surface area contributed by atoms with Crippen molar-refractivity contribution in [2.45, 2.75) is 51.7 Å². The standard InChI is InChI=1S/C11H18N2O2/c1-7(2)8-6-11(15)13(12-8)9-4-3-5-10(9)14/h7,9-10,14H,3-6H2,1-2H3. The molecule has 1 N–H and O–H groups in total. The van der Waals surface area contributed by atoms with Crippen molar-refractivity contribution in [3.05, 3.63) is 0 Å². The predicted molar refractivity (Wildman–Crippen MR) is 57.4 cm³/mol. The number of hydrazone groups is 1. The molecule has 0 saturated heterocycles. The smallest absolute Gasteiger partial charge is 0.248 e. The molecule has 4 nitrogen and oxygen atoms in total. The Morgan fingerprint density at radius 2 is 2.20 bits per heavy atom. The molecule has 1 aliphatic carbocycles. The molecule has 1 saturated carbocycles. The van der Waals surface area contributed by atoms with Crippen molar-refractivity contribution in [3.8, 4) is 0 Å². The van der Waals surface area contributed by atoms with E-state index in [1.54, 1.807) is 0 Å². The first kappa shape index (κ1) is 10.6. The summed E-state index contributed by atoms with van der Waals surface area (Å²) in [4.78, 5) is 11.7. The Morgan fingerprint density at radius 3 is 2.67 bits per heavy atom. The van der Waals surface area contributed by atoms with Crippen LogP contribution in [-0.4, -0.2) is 33.9 Å². The monoisotopic (exact) mass is 210 g/mol. The van der Waals surface area contributed by atoms with Gasteiger partial charge < -0.3 is 5.11 Å². The lowest BCUT2D eigenvalue weighted by atomic mass is 10.1. The molecule has 1 amide bonds. The topological polar surface area (TPSA) is 52.9 Å². The number of aliphatic hydroxyl groups is 1. The Morgan fingerprint density at radius 1 is 1.47 bits per heavy atom. The first-order chi connectivity index (χ1) is 7.09. The molecule has 84 valence electrons. The zero-order valence-corrected chi connectivity index (χ0v) is 9.31. The second-order valence-corrected chi connectivity index (χ2v) is 4.73. The maximum Gasteiger partial charge on any atom is 0.248 e. The highest BCUT2D eigenvalue weighted by atomic mass is 16.3. The summed E-state index contributed by atoms with van der Waals surface area (Å²) >= 11 is 0. The van der Waals surface area contributed by atoms with Gasteiger partial charge in [-0.25, -0.2) is 5.01 Å². The summed E-state index contributed by atoms with van der Waals surface area (Å²) in [5.74, 6) is 0.363. The van der Waals surface area contributed by atoms with E-state index in [0.717, 1.165) is 25.0 Å². The molecule has 0 aromatic rings. The van der Waals surface area contributed by atoms with Crippen LogP contribution in [0.4, 0.5) is 0 Å². The average Bonchev–Trinajstić information content (AvgIpc) is 2.71. The lowest BCUT2D eigenvalue weighted by Crippen LogP contribution is -2.38. The predicted octanol–water partition coefficient (Wildman–Crippen LogP) is 1.14. The molecular formula is C11H18N2O2. The highest BCUT2D eigenvalue weighted by molar-refractivity contribution is 6.05. The van der Waals surface area contributed by atoms with Crippen LogP contribution in [-0.2, 0) is 4.79 Å². The molecule has 2 atom stereocenters. The van der Waals surface area contributed by atoms with E-state index in [-0.39, 0.29) is 18.1 Å². The molecule has 2 aliphatic rings.